The molecular formula is C19H27N3O2. The fraction of sp³-hybridized carbons (Fsp3) is 0.579. The Kier molecular flexibility index (Phi) is 5.38. The van der Waals surface area contributed by atoms with E-state index in [1.165, 1.54) is 32.1 Å². The summed E-state index contributed by atoms with van der Waals surface area (Å²) in [5, 5.41) is 6.00. The molecule has 0 spiro atoms. The van der Waals surface area contributed by atoms with Crippen LogP contribution in [0.2, 0.25) is 0 Å². The van der Waals surface area contributed by atoms with Crippen LogP contribution in [-0.4, -0.2) is 24.5 Å². The number of urea groups is 1. The Morgan fingerprint density at radius 1 is 1.25 bits per heavy atom. The average molecular weight is 329 g/mol. The van der Waals surface area contributed by atoms with Gasteiger partial charge in [0.25, 0.3) is 0 Å². The summed E-state index contributed by atoms with van der Waals surface area (Å²) in [4.78, 5) is 27.0. The first-order chi connectivity index (χ1) is 11.7. The first-order valence-corrected chi connectivity index (χ1v) is 9.17. The van der Waals surface area contributed by atoms with E-state index in [2.05, 4.69) is 10.6 Å². The number of anilines is 2. The molecule has 3 rings (SSSR count). The lowest BCUT2D eigenvalue weighted by molar-refractivity contribution is -0.117. The largest absolute Gasteiger partial charge is 0.337 e. The van der Waals surface area contributed by atoms with Gasteiger partial charge in [-0.3, -0.25) is 9.69 Å². The van der Waals surface area contributed by atoms with Crippen molar-refractivity contribution in [3.8, 4) is 0 Å². The summed E-state index contributed by atoms with van der Waals surface area (Å²) in [5.41, 5.74) is 1.50. The summed E-state index contributed by atoms with van der Waals surface area (Å²) < 4.78 is 0. The second kappa shape index (κ2) is 7.69. The van der Waals surface area contributed by atoms with Crippen molar-refractivity contribution in [1.82, 2.24) is 5.32 Å². The lowest BCUT2D eigenvalue weighted by Gasteiger charge is -2.36. The van der Waals surface area contributed by atoms with E-state index in [9.17, 15) is 9.59 Å². The molecule has 0 unspecified atom stereocenters. The van der Waals surface area contributed by atoms with Crippen molar-refractivity contribution in [3.63, 3.8) is 0 Å². The van der Waals surface area contributed by atoms with Crippen LogP contribution in [0.5, 0.6) is 0 Å². The topological polar surface area (TPSA) is 61.4 Å². The Bertz CT molecular complexity index is 596. The Morgan fingerprint density at radius 3 is 2.75 bits per heavy atom. The van der Waals surface area contributed by atoms with Crippen LogP contribution >= 0.6 is 0 Å². The lowest BCUT2D eigenvalue weighted by Crippen LogP contribution is -2.54. The number of hydrogen-bond donors (Lipinski definition) is 2. The van der Waals surface area contributed by atoms with Crippen molar-refractivity contribution in [2.24, 2.45) is 5.92 Å². The molecule has 0 aromatic heterocycles. The highest BCUT2D eigenvalue weighted by Gasteiger charge is 2.36. The molecule has 2 N–H and O–H groups in total. The Morgan fingerprint density at radius 2 is 2.00 bits per heavy atom. The van der Waals surface area contributed by atoms with Gasteiger partial charge >= 0.3 is 6.03 Å². The molecule has 1 fully saturated rings. The lowest BCUT2D eigenvalue weighted by atomic mass is 9.89. The molecule has 1 aliphatic heterocycles. The maximum atomic E-state index is 12.9. The molecule has 130 valence electrons. The maximum absolute atomic E-state index is 12.9. The third-order valence-electron chi connectivity index (χ3n) is 5.08. The van der Waals surface area contributed by atoms with E-state index in [4.69, 9.17) is 0 Å². The predicted molar refractivity (Wildman–Crippen MR) is 96.2 cm³/mol. The van der Waals surface area contributed by atoms with E-state index in [0.717, 1.165) is 12.1 Å². The minimum Gasteiger partial charge on any atom is -0.337 e. The minimum atomic E-state index is -0.434. The summed E-state index contributed by atoms with van der Waals surface area (Å²) in [6.45, 7) is 2.74. The van der Waals surface area contributed by atoms with Crippen molar-refractivity contribution < 1.29 is 9.59 Å². The molecule has 1 aromatic rings. The van der Waals surface area contributed by atoms with Crippen LogP contribution in [0.15, 0.2) is 24.3 Å². The van der Waals surface area contributed by atoms with Gasteiger partial charge in [0.1, 0.15) is 6.04 Å². The van der Waals surface area contributed by atoms with Gasteiger partial charge in [0.2, 0.25) is 5.91 Å². The first-order valence-electron chi connectivity index (χ1n) is 9.17. The molecule has 1 heterocycles. The third kappa shape index (κ3) is 3.55. The van der Waals surface area contributed by atoms with Crippen LogP contribution in [0, 0.1) is 5.92 Å². The van der Waals surface area contributed by atoms with Gasteiger partial charge < -0.3 is 10.6 Å². The van der Waals surface area contributed by atoms with E-state index in [1.807, 2.05) is 31.2 Å². The molecule has 1 aromatic carbocycles. The molecule has 5 heteroatoms. The van der Waals surface area contributed by atoms with Gasteiger partial charge in [0, 0.05) is 6.54 Å². The van der Waals surface area contributed by atoms with Gasteiger partial charge in [-0.2, -0.15) is 0 Å². The first kappa shape index (κ1) is 16.8. The highest BCUT2D eigenvalue weighted by molar-refractivity contribution is 6.11. The second-order valence-electron chi connectivity index (χ2n) is 6.87. The number of carbonyl (C=O) groups is 2. The van der Waals surface area contributed by atoms with E-state index in [1.54, 1.807) is 4.90 Å². The molecule has 0 saturated heterocycles. The fourth-order valence-corrected chi connectivity index (χ4v) is 3.78. The number of nitrogens with zero attached hydrogens (tertiary/aromatic N) is 1. The van der Waals surface area contributed by atoms with Crippen molar-refractivity contribution >= 4 is 23.3 Å². The van der Waals surface area contributed by atoms with Crippen LogP contribution in [0.1, 0.15) is 51.9 Å². The van der Waals surface area contributed by atoms with Crippen LogP contribution < -0.4 is 15.5 Å². The zero-order chi connectivity index (χ0) is 16.9. The molecule has 1 aliphatic carbocycles. The standard InChI is InChI=1S/C19H27N3O2/c1-2-8-17-18(23)21-15-11-6-7-12-16(15)22(17)19(24)20-13-14-9-4-3-5-10-14/h6-7,11-12,14,17H,2-5,8-10,13H2,1H3,(H,20,24)(H,21,23)/t17-/m0/s1. The molecule has 2 aliphatic rings. The molecule has 3 amide bonds. The predicted octanol–water partition coefficient (Wildman–Crippen LogP) is 3.90. The Hall–Kier alpha value is -2.04. The van der Waals surface area contributed by atoms with Crippen LogP contribution in [0.3, 0.4) is 0 Å². The minimum absolute atomic E-state index is 0.0941. The van der Waals surface area contributed by atoms with Crippen LogP contribution in [0.4, 0.5) is 16.2 Å². The summed E-state index contributed by atoms with van der Waals surface area (Å²) >= 11 is 0. The number of nitrogens with one attached hydrogen (secondary N) is 2. The molecule has 24 heavy (non-hydrogen) atoms. The van der Waals surface area contributed by atoms with Gasteiger partial charge in [-0.1, -0.05) is 44.7 Å². The van der Waals surface area contributed by atoms with Gasteiger partial charge in [0.05, 0.1) is 11.4 Å². The van der Waals surface area contributed by atoms with Crippen molar-refractivity contribution in [3.05, 3.63) is 24.3 Å². The SMILES string of the molecule is CCC[C@H]1C(=O)Nc2ccccc2N1C(=O)NCC1CCCCC1. The number of rotatable bonds is 4. The fourth-order valence-electron chi connectivity index (χ4n) is 3.78. The average Bonchev–Trinajstić information content (AvgIpc) is 2.61. The normalized spacial score (nSPS) is 21.1. The van der Waals surface area contributed by atoms with E-state index in [0.29, 0.717) is 24.6 Å². The number of carbonyl (C=O) groups excluding carboxylic acids is 2. The molecule has 0 bridgehead atoms. The van der Waals surface area contributed by atoms with Gasteiger partial charge in [0.15, 0.2) is 0 Å². The third-order valence-corrected chi connectivity index (χ3v) is 5.08. The van der Waals surface area contributed by atoms with E-state index in [-0.39, 0.29) is 11.9 Å². The summed E-state index contributed by atoms with van der Waals surface area (Å²) in [5.74, 6) is 0.476. The number of hydrogen-bond acceptors (Lipinski definition) is 2. The van der Waals surface area contributed by atoms with Crippen LogP contribution in [0.25, 0.3) is 0 Å². The molecule has 1 saturated carbocycles. The quantitative estimate of drug-likeness (QED) is 0.880. The Labute approximate surface area is 143 Å². The van der Waals surface area contributed by atoms with Crippen LogP contribution in [-0.2, 0) is 4.79 Å². The van der Waals surface area contributed by atoms with Gasteiger partial charge in [-0.25, -0.2) is 4.79 Å². The van der Waals surface area contributed by atoms with E-state index >= 15 is 0 Å². The summed E-state index contributed by atoms with van der Waals surface area (Å²) in [6, 6.07) is 6.93. The molecule has 1 atom stereocenters. The highest BCUT2D eigenvalue weighted by atomic mass is 16.2. The van der Waals surface area contributed by atoms with Gasteiger partial charge in [-0.05, 0) is 37.3 Å². The van der Waals surface area contributed by atoms with Crippen molar-refractivity contribution in [1.29, 1.82) is 0 Å². The number of amides is 3. The zero-order valence-electron chi connectivity index (χ0n) is 14.4. The Balaban J connectivity index is 1.76. The maximum Gasteiger partial charge on any atom is 0.322 e. The monoisotopic (exact) mass is 329 g/mol. The van der Waals surface area contributed by atoms with Crippen molar-refractivity contribution in [2.75, 3.05) is 16.8 Å². The number of benzene rings is 1. The summed E-state index contributed by atoms with van der Waals surface area (Å²) in [6.07, 6.45) is 7.72. The number of para-hydroxylation sites is 2. The smallest absolute Gasteiger partial charge is 0.322 e. The number of fused-ring (bicyclic) bond motifs is 1. The molecule has 5 nitrogen and oxygen atoms in total. The molecular weight excluding hydrogens is 302 g/mol. The summed E-state index contributed by atoms with van der Waals surface area (Å²) in [7, 11) is 0. The van der Waals surface area contributed by atoms with Gasteiger partial charge in [-0.15, -0.1) is 0 Å². The zero-order valence-corrected chi connectivity index (χ0v) is 14.4. The second-order valence-corrected chi connectivity index (χ2v) is 6.87. The van der Waals surface area contributed by atoms with E-state index < -0.39 is 6.04 Å². The highest BCUT2D eigenvalue weighted by Crippen LogP contribution is 2.33. The molecule has 0 radical (unpaired) electrons. The van der Waals surface area contributed by atoms with Crippen molar-refractivity contribution in [2.45, 2.75) is 57.9 Å².